The molecule has 0 saturated heterocycles. The van der Waals surface area contributed by atoms with Crippen molar-refractivity contribution < 1.29 is 9.90 Å². The van der Waals surface area contributed by atoms with Crippen molar-refractivity contribution >= 4 is 23.4 Å². The largest absolute Gasteiger partial charge is 0.478 e. The molecule has 0 aromatic heterocycles. The van der Waals surface area contributed by atoms with Gasteiger partial charge in [-0.3, -0.25) is 0 Å². The van der Waals surface area contributed by atoms with Gasteiger partial charge >= 0.3 is 5.97 Å². The third kappa shape index (κ3) is 4.40. The quantitative estimate of drug-likeness (QED) is 0.565. The maximum Gasteiger partial charge on any atom is 0.335 e. The Bertz CT molecular complexity index is 366. The van der Waals surface area contributed by atoms with Gasteiger partial charge in [0.1, 0.15) is 0 Å². The lowest BCUT2D eigenvalue weighted by molar-refractivity contribution is 0.0697. The van der Waals surface area contributed by atoms with Gasteiger partial charge in [0.25, 0.3) is 0 Å². The molecule has 86 valence electrons. The Kier molecular flexibility index (Phi) is 5.50. The zero-order valence-electron chi connectivity index (χ0n) is 8.98. The SMILES string of the molecule is C=CCSCCNc1cccc(C(=O)O)c1. The number of anilines is 1. The van der Waals surface area contributed by atoms with Gasteiger partial charge < -0.3 is 10.4 Å². The highest BCUT2D eigenvalue weighted by atomic mass is 32.2. The molecular weight excluding hydrogens is 222 g/mol. The van der Waals surface area contributed by atoms with Gasteiger partial charge in [0.05, 0.1) is 5.56 Å². The Morgan fingerprint density at radius 1 is 1.56 bits per heavy atom. The first-order valence-electron chi connectivity index (χ1n) is 5.00. The molecule has 4 heteroatoms. The molecule has 0 bridgehead atoms. The lowest BCUT2D eigenvalue weighted by Gasteiger charge is -2.06. The first kappa shape index (κ1) is 12.6. The van der Waals surface area contributed by atoms with Crippen molar-refractivity contribution in [2.45, 2.75) is 0 Å². The molecule has 0 aliphatic rings. The fraction of sp³-hybridized carbons (Fsp3) is 0.250. The fourth-order valence-electron chi connectivity index (χ4n) is 1.20. The van der Waals surface area contributed by atoms with E-state index in [0.717, 1.165) is 23.7 Å². The third-order valence-electron chi connectivity index (χ3n) is 1.92. The molecule has 1 aromatic carbocycles. The van der Waals surface area contributed by atoms with E-state index in [0.29, 0.717) is 5.56 Å². The molecule has 1 aromatic rings. The average Bonchev–Trinajstić information content (AvgIpc) is 2.29. The van der Waals surface area contributed by atoms with Gasteiger partial charge in [0, 0.05) is 23.7 Å². The summed E-state index contributed by atoms with van der Waals surface area (Å²) in [5, 5.41) is 12.0. The van der Waals surface area contributed by atoms with E-state index in [1.165, 1.54) is 0 Å². The lowest BCUT2D eigenvalue weighted by atomic mass is 10.2. The smallest absolute Gasteiger partial charge is 0.335 e. The molecule has 0 atom stereocenters. The molecule has 0 aliphatic carbocycles. The van der Waals surface area contributed by atoms with E-state index in [1.807, 2.05) is 12.1 Å². The summed E-state index contributed by atoms with van der Waals surface area (Å²) >= 11 is 1.79. The Balaban J connectivity index is 2.39. The number of hydrogen-bond acceptors (Lipinski definition) is 3. The summed E-state index contributed by atoms with van der Waals surface area (Å²) < 4.78 is 0. The highest BCUT2D eigenvalue weighted by molar-refractivity contribution is 7.99. The number of nitrogens with one attached hydrogen (secondary N) is 1. The van der Waals surface area contributed by atoms with Crippen LogP contribution in [0.15, 0.2) is 36.9 Å². The number of rotatable bonds is 7. The molecular formula is C12H15NO2S. The Morgan fingerprint density at radius 3 is 3.06 bits per heavy atom. The standard InChI is InChI=1S/C12H15NO2S/c1-2-7-16-8-6-13-11-5-3-4-10(9-11)12(14)15/h2-5,9,13H,1,6-8H2,(H,14,15). The molecule has 0 radical (unpaired) electrons. The van der Waals surface area contributed by atoms with Gasteiger partial charge in [-0.25, -0.2) is 4.79 Å². The first-order valence-corrected chi connectivity index (χ1v) is 6.15. The molecule has 0 aliphatic heterocycles. The number of carboxylic acid groups (broad SMARTS) is 1. The topological polar surface area (TPSA) is 49.3 Å². The minimum atomic E-state index is -0.898. The number of benzene rings is 1. The van der Waals surface area contributed by atoms with Gasteiger partial charge in [-0.15, -0.1) is 6.58 Å². The number of thioether (sulfide) groups is 1. The van der Waals surface area contributed by atoms with Crippen molar-refractivity contribution in [1.82, 2.24) is 0 Å². The monoisotopic (exact) mass is 237 g/mol. The summed E-state index contributed by atoms with van der Waals surface area (Å²) in [6.07, 6.45) is 1.87. The normalized spacial score (nSPS) is 9.75. The van der Waals surface area contributed by atoms with Crippen LogP contribution in [0.3, 0.4) is 0 Å². The summed E-state index contributed by atoms with van der Waals surface area (Å²) in [7, 11) is 0. The van der Waals surface area contributed by atoms with E-state index in [-0.39, 0.29) is 0 Å². The van der Waals surface area contributed by atoms with Crippen LogP contribution < -0.4 is 5.32 Å². The summed E-state index contributed by atoms with van der Waals surface area (Å²) in [6.45, 7) is 4.46. The number of carbonyl (C=O) groups is 1. The molecule has 0 amide bonds. The minimum Gasteiger partial charge on any atom is -0.478 e. The van der Waals surface area contributed by atoms with Crippen molar-refractivity contribution in [3.63, 3.8) is 0 Å². The van der Waals surface area contributed by atoms with Crippen molar-refractivity contribution in [3.8, 4) is 0 Å². The van der Waals surface area contributed by atoms with Crippen LogP contribution in [0.2, 0.25) is 0 Å². The van der Waals surface area contributed by atoms with Crippen molar-refractivity contribution in [2.24, 2.45) is 0 Å². The highest BCUT2D eigenvalue weighted by Gasteiger charge is 2.02. The fourth-order valence-corrected chi connectivity index (χ4v) is 1.78. The molecule has 0 saturated carbocycles. The average molecular weight is 237 g/mol. The van der Waals surface area contributed by atoms with E-state index in [1.54, 1.807) is 30.0 Å². The Morgan fingerprint density at radius 2 is 2.38 bits per heavy atom. The van der Waals surface area contributed by atoms with E-state index in [9.17, 15) is 4.79 Å². The minimum absolute atomic E-state index is 0.309. The van der Waals surface area contributed by atoms with Crippen molar-refractivity contribution in [2.75, 3.05) is 23.4 Å². The molecule has 16 heavy (non-hydrogen) atoms. The predicted molar refractivity (Wildman–Crippen MR) is 69.4 cm³/mol. The zero-order chi connectivity index (χ0) is 11.8. The van der Waals surface area contributed by atoms with Crippen molar-refractivity contribution in [1.29, 1.82) is 0 Å². The summed E-state index contributed by atoms with van der Waals surface area (Å²) in [5.41, 5.74) is 1.16. The molecule has 0 spiro atoms. The van der Waals surface area contributed by atoms with E-state index >= 15 is 0 Å². The third-order valence-corrected chi connectivity index (χ3v) is 2.88. The van der Waals surface area contributed by atoms with Gasteiger partial charge in [-0.1, -0.05) is 12.1 Å². The lowest BCUT2D eigenvalue weighted by Crippen LogP contribution is -2.05. The van der Waals surface area contributed by atoms with Crippen LogP contribution >= 0.6 is 11.8 Å². The van der Waals surface area contributed by atoms with Crippen LogP contribution in [0.1, 0.15) is 10.4 Å². The maximum absolute atomic E-state index is 10.7. The van der Waals surface area contributed by atoms with Gasteiger partial charge in [-0.05, 0) is 18.2 Å². The van der Waals surface area contributed by atoms with Gasteiger partial charge in [0.2, 0.25) is 0 Å². The first-order chi connectivity index (χ1) is 7.74. The molecule has 1 rings (SSSR count). The van der Waals surface area contributed by atoms with Crippen LogP contribution in [0.4, 0.5) is 5.69 Å². The zero-order valence-corrected chi connectivity index (χ0v) is 9.80. The molecule has 0 fully saturated rings. The van der Waals surface area contributed by atoms with E-state index in [4.69, 9.17) is 5.11 Å². The highest BCUT2D eigenvalue weighted by Crippen LogP contribution is 2.10. The van der Waals surface area contributed by atoms with Crippen LogP contribution in [0.25, 0.3) is 0 Å². The van der Waals surface area contributed by atoms with Gasteiger partial charge in [0.15, 0.2) is 0 Å². The molecule has 0 unspecified atom stereocenters. The molecule has 3 nitrogen and oxygen atoms in total. The van der Waals surface area contributed by atoms with Crippen LogP contribution in [-0.2, 0) is 0 Å². The van der Waals surface area contributed by atoms with Crippen LogP contribution in [0.5, 0.6) is 0 Å². The van der Waals surface area contributed by atoms with E-state index < -0.39 is 5.97 Å². The second-order valence-corrected chi connectivity index (χ2v) is 4.33. The summed E-state index contributed by atoms with van der Waals surface area (Å²) in [4.78, 5) is 10.7. The number of hydrogen-bond donors (Lipinski definition) is 2. The second-order valence-electron chi connectivity index (χ2n) is 3.18. The van der Waals surface area contributed by atoms with E-state index in [2.05, 4.69) is 11.9 Å². The van der Waals surface area contributed by atoms with Crippen LogP contribution in [-0.4, -0.2) is 29.1 Å². The molecule has 0 heterocycles. The van der Waals surface area contributed by atoms with Crippen LogP contribution in [0, 0.1) is 0 Å². The van der Waals surface area contributed by atoms with Gasteiger partial charge in [-0.2, -0.15) is 11.8 Å². The summed E-state index contributed by atoms with van der Waals surface area (Å²) in [6, 6.07) is 6.83. The van der Waals surface area contributed by atoms with Crippen molar-refractivity contribution in [3.05, 3.63) is 42.5 Å². The second kappa shape index (κ2) is 6.95. The number of carboxylic acids is 1. The summed E-state index contributed by atoms with van der Waals surface area (Å²) in [5.74, 6) is 1.02. The number of aromatic carboxylic acids is 1. The Hall–Kier alpha value is -1.42. The molecule has 2 N–H and O–H groups in total. The Labute approximate surface area is 99.6 Å². The maximum atomic E-state index is 10.7. The predicted octanol–water partition coefficient (Wildman–Crippen LogP) is 2.72.